The van der Waals surface area contributed by atoms with E-state index >= 15 is 0 Å². The zero-order valence-corrected chi connectivity index (χ0v) is 37.3. The van der Waals surface area contributed by atoms with Gasteiger partial charge < -0.3 is 9.13 Å². The van der Waals surface area contributed by atoms with E-state index in [0.29, 0.717) is 17.6 Å². The monoisotopic (exact) mass is 880 g/mol. The molecule has 0 atom stereocenters. The summed E-state index contributed by atoms with van der Waals surface area (Å²) in [6.07, 6.45) is 0. The lowest BCUT2D eigenvalue weighted by molar-refractivity contribution is 0.954. The summed E-state index contributed by atoms with van der Waals surface area (Å²) in [5.74, 6) is 1.77. The van der Waals surface area contributed by atoms with Crippen LogP contribution in [0.4, 0.5) is 0 Å². The van der Waals surface area contributed by atoms with E-state index in [0.717, 1.165) is 88.3 Å². The average Bonchev–Trinajstić information content (AvgIpc) is 4.06. The van der Waals surface area contributed by atoms with Gasteiger partial charge in [-0.15, -0.1) is 0 Å². The van der Waals surface area contributed by atoms with Crippen LogP contribution in [0.3, 0.4) is 0 Å². The van der Waals surface area contributed by atoms with Gasteiger partial charge in [-0.05, 0) is 89.5 Å². The van der Waals surface area contributed by atoms with Crippen LogP contribution in [0, 0.1) is 0 Å². The van der Waals surface area contributed by atoms with Crippen molar-refractivity contribution < 1.29 is 0 Å². The van der Waals surface area contributed by atoms with Crippen molar-refractivity contribution in [3.63, 3.8) is 0 Å². The first-order valence-electron chi connectivity index (χ1n) is 23.4. The van der Waals surface area contributed by atoms with E-state index in [1.54, 1.807) is 0 Å². The first-order chi connectivity index (χ1) is 34.2. The second-order valence-corrected chi connectivity index (χ2v) is 17.6. The van der Waals surface area contributed by atoms with Gasteiger partial charge in [0.1, 0.15) is 0 Å². The molecule has 0 unspecified atom stereocenters. The lowest BCUT2D eigenvalue weighted by Gasteiger charge is -2.16. The lowest BCUT2D eigenvalue weighted by atomic mass is 9.97. The zero-order chi connectivity index (χ0) is 45.4. The largest absolute Gasteiger partial charge is 0.309 e. The van der Waals surface area contributed by atoms with Gasteiger partial charge >= 0.3 is 0 Å². The van der Waals surface area contributed by atoms with E-state index in [4.69, 9.17) is 15.0 Å². The number of hydrogen-bond donors (Lipinski definition) is 0. The Morgan fingerprint density at radius 2 is 0.696 bits per heavy atom. The molecule has 0 amide bonds. The van der Waals surface area contributed by atoms with Crippen molar-refractivity contribution in [3.8, 4) is 62.4 Å². The molecule has 4 aromatic heterocycles. The molecule has 0 saturated carbocycles. The van der Waals surface area contributed by atoms with Crippen molar-refractivity contribution in [1.82, 2.24) is 28.7 Å². The molecule has 69 heavy (non-hydrogen) atoms. The maximum absolute atomic E-state index is 5.43. The van der Waals surface area contributed by atoms with Crippen LogP contribution in [0.5, 0.6) is 0 Å². The summed E-state index contributed by atoms with van der Waals surface area (Å²) in [7, 11) is 0. The molecule has 0 fully saturated rings. The highest BCUT2D eigenvalue weighted by atomic mass is 15.2. The van der Waals surface area contributed by atoms with Crippen LogP contribution in [0.25, 0.3) is 128 Å². The summed E-state index contributed by atoms with van der Waals surface area (Å²) < 4.78 is 7.02. The molecule has 6 nitrogen and oxygen atoms in total. The minimum atomic E-state index is 0.558. The molecule has 6 heteroatoms. The number of aromatic nitrogens is 6. The summed E-state index contributed by atoms with van der Waals surface area (Å²) >= 11 is 0. The number of benzene rings is 10. The fourth-order valence-corrected chi connectivity index (χ4v) is 10.6. The molecule has 0 radical (unpaired) electrons. The van der Waals surface area contributed by atoms with Crippen LogP contribution in [-0.4, -0.2) is 28.7 Å². The first-order valence-corrected chi connectivity index (χ1v) is 23.4. The third kappa shape index (κ3) is 6.23. The molecule has 0 bridgehead atoms. The highest BCUT2D eigenvalue weighted by Gasteiger charge is 2.23. The van der Waals surface area contributed by atoms with Gasteiger partial charge in [-0.25, -0.2) is 4.98 Å². The fourth-order valence-electron chi connectivity index (χ4n) is 10.6. The Morgan fingerprint density at radius 1 is 0.246 bits per heavy atom. The highest BCUT2D eigenvalue weighted by Crippen LogP contribution is 2.43. The van der Waals surface area contributed by atoms with Gasteiger partial charge in [0.25, 0.3) is 0 Å². The van der Waals surface area contributed by atoms with E-state index in [9.17, 15) is 0 Å². The van der Waals surface area contributed by atoms with E-state index in [-0.39, 0.29) is 0 Å². The maximum Gasteiger partial charge on any atom is 0.238 e. The molecular formula is C63H40N6. The van der Waals surface area contributed by atoms with E-state index in [2.05, 4.69) is 238 Å². The molecule has 0 N–H and O–H groups in total. The number of fused-ring (bicyclic) bond motifs is 9. The predicted octanol–water partition coefficient (Wildman–Crippen LogP) is 15.8. The third-order valence-electron chi connectivity index (χ3n) is 13.7. The number of para-hydroxylation sites is 4. The van der Waals surface area contributed by atoms with Crippen LogP contribution < -0.4 is 0 Å². The molecule has 0 aliphatic heterocycles. The first kappa shape index (κ1) is 38.8. The van der Waals surface area contributed by atoms with Crippen molar-refractivity contribution in [3.05, 3.63) is 243 Å². The van der Waals surface area contributed by atoms with E-state index in [1.807, 2.05) is 18.2 Å². The standard InChI is InChI=1S/C63H40N6/c1-5-19-41(20-6-1)44-33-35-57(50(37-44)42-21-7-2-8-22-42)68-55-31-17-14-28-48(55)52-40-60-53(39-59(52)68)49-29-15-18-32-56(49)69(60)63-65-61(43-23-9-3-10-24-43)64-62(66-63)45-34-36-58-51(38-45)47-27-13-16-30-54(47)67(58)46-25-11-4-12-26-46/h1-40H. The summed E-state index contributed by atoms with van der Waals surface area (Å²) in [4.78, 5) is 16.0. The van der Waals surface area contributed by atoms with Gasteiger partial charge in [0, 0.05) is 54.7 Å². The third-order valence-corrected chi connectivity index (χ3v) is 13.7. The Hall–Kier alpha value is -9.39. The predicted molar refractivity (Wildman–Crippen MR) is 285 cm³/mol. The van der Waals surface area contributed by atoms with Crippen LogP contribution in [0.15, 0.2) is 243 Å². The molecular weight excluding hydrogens is 841 g/mol. The number of hydrogen-bond acceptors (Lipinski definition) is 3. The van der Waals surface area contributed by atoms with Crippen LogP contribution in [-0.2, 0) is 0 Å². The minimum Gasteiger partial charge on any atom is -0.309 e. The molecule has 0 aliphatic rings. The summed E-state index contributed by atoms with van der Waals surface area (Å²) in [5.41, 5.74) is 15.3. The Bertz CT molecular complexity index is 4280. The van der Waals surface area contributed by atoms with Gasteiger partial charge in [0.05, 0.1) is 38.8 Å². The number of nitrogens with zero attached hydrogens (tertiary/aromatic N) is 6. The second-order valence-electron chi connectivity index (χ2n) is 17.6. The Kier molecular flexibility index (Phi) is 8.79. The molecule has 14 rings (SSSR count). The Labute approximate surface area is 397 Å². The molecule has 322 valence electrons. The molecule has 0 aliphatic carbocycles. The lowest BCUT2D eigenvalue weighted by Crippen LogP contribution is -2.06. The van der Waals surface area contributed by atoms with Gasteiger partial charge in [0.15, 0.2) is 11.6 Å². The summed E-state index contributed by atoms with van der Waals surface area (Å²) in [6, 6.07) is 86.4. The average molecular weight is 881 g/mol. The molecule has 4 heterocycles. The van der Waals surface area contributed by atoms with Gasteiger partial charge in [-0.2, -0.15) is 9.97 Å². The van der Waals surface area contributed by atoms with Crippen molar-refractivity contribution in [2.24, 2.45) is 0 Å². The van der Waals surface area contributed by atoms with Gasteiger partial charge in [-0.1, -0.05) is 170 Å². The van der Waals surface area contributed by atoms with Crippen LogP contribution >= 0.6 is 0 Å². The van der Waals surface area contributed by atoms with Crippen molar-refractivity contribution in [2.45, 2.75) is 0 Å². The fraction of sp³-hybridized carbons (Fsp3) is 0. The van der Waals surface area contributed by atoms with Crippen molar-refractivity contribution >= 4 is 65.4 Å². The van der Waals surface area contributed by atoms with Crippen LogP contribution in [0.1, 0.15) is 0 Å². The van der Waals surface area contributed by atoms with Crippen LogP contribution in [0.2, 0.25) is 0 Å². The van der Waals surface area contributed by atoms with E-state index in [1.165, 1.54) is 21.9 Å². The zero-order valence-electron chi connectivity index (χ0n) is 37.3. The van der Waals surface area contributed by atoms with Crippen molar-refractivity contribution in [2.75, 3.05) is 0 Å². The summed E-state index contributed by atoms with van der Waals surface area (Å²) in [5, 5.41) is 6.85. The SMILES string of the molecule is c1ccc(-c2ccc(-n3c4ccccc4c4cc5c(cc43)c3ccccc3n5-c3nc(-c4ccccc4)nc(-c4ccc5c(c4)c4ccccc4n5-c4ccccc4)n3)c(-c3ccccc3)c2)cc1. The van der Waals surface area contributed by atoms with E-state index < -0.39 is 0 Å². The summed E-state index contributed by atoms with van der Waals surface area (Å²) in [6.45, 7) is 0. The highest BCUT2D eigenvalue weighted by molar-refractivity contribution is 6.19. The topological polar surface area (TPSA) is 53.5 Å². The minimum absolute atomic E-state index is 0.558. The molecule has 0 saturated heterocycles. The Balaban J connectivity index is 1.02. The maximum atomic E-state index is 5.43. The molecule has 0 spiro atoms. The second kappa shape index (κ2) is 15.6. The quantitative estimate of drug-likeness (QED) is 0.160. The van der Waals surface area contributed by atoms with Crippen molar-refractivity contribution in [1.29, 1.82) is 0 Å². The smallest absolute Gasteiger partial charge is 0.238 e. The van der Waals surface area contributed by atoms with Gasteiger partial charge in [-0.3, -0.25) is 4.57 Å². The Morgan fingerprint density at radius 3 is 1.32 bits per heavy atom. The molecule has 10 aromatic carbocycles. The molecule has 14 aromatic rings. The van der Waals surface area contributed by atoms with Gasteiger partial charge in [0.2, 0.25) is 5.95 Å². The normalized spacial score (nSPS) is 11.8. The number of rotatable bonds is 7.